The lowest BCUT2D eigenvalue weighted by Gasteiger charge is -2.18. The lowest BCUT2D eigenvalue weighted by Crippen LogP contribution is -2.29. The Kier molecular flexibility index (Phi) is 2.78. The van der Waals surface area contributed by atoms with Crippen molar-refractivity contribution >= 4 is 17.9 Å². The maximum absolute atomic E-state index is 11.9. The number of ether oxygens (including phenoxy) is 3. The molecular formula is C12H12O7. The van der Waals surface area contributed by atoms with Crippen molar-refractivity contribution in [3.05, 3.63) is 12.2 Å². The van der Waals surface area contributed by atoms with Gasteiger partial charge < -0.3 is 14.6 Å². The second-order valence-electron chi connectivity index (χ2n) is 4.90. The van der Waals surface area contributed by atoms with Crippen molar-refractivity contribution in [2.24, 2.45) is 17.8 Å². The topological polar surface area (TPSA) is 99.1 Å². The molecule has 0 spiro atoms. The molecule has 1 saturated heterocycles. The Bertz CT molecular complexity index is 469. The number of carboxylic acid groups (broad SMARTS) is 1. The SMILES string of the molecule is O=C(O)C1OC(OC(=O)C2CC3C=CC2C3)OC1=O. The second-order valence-corrected chi connectivity index (χ2v) is 4.90. The van der Waals surface area contributed by atoms with Crippen molar-refractivity contribution < 1.29 is 33.7 Å². The highest BCUT2D eigenvalue weighted by Crippen LogP contribution is 2.44. The summed E-state index contributed by atoms with van der Waals surface area (Å²) in [6, 6.07) is 0. The summed E-state index contributed by atoms with van der Waals surface area (Å²) in [6.07, 6.45) is 3.99. The van der Waals surface area contributed by atoms with Gasteiger partial charge in [-0.15, -0.1) is 0 Å². The molecular weight excluding hydrogens is 256 g/mol. The van der Waals surface area contributed by atoms with Crippen LogP contribution in [0.5, 0.6) is 0 Å². The molecule has 0 aromatic carbocycles. The van der Waals surface area contributed by atoms with E-state index in [1.165, 1.54) is 0 Å². The number of cyclic esters (lactones) is 1. The van der Waals surface area contributed by atoms with Crippen LogP contribution in [0.1, 0.15) is 12.8 Å². The predicted molar refractivity (Wildman–Crippen MR) is 57.3 cm³/mol. The van der Waals surface area contributed by atoms with E-state index in [1.807, 2.05) is 6.08 Å². The number of fused-ring (bicyclic) bond motifs is 2. The van der Waals surface area contributed by atoms with Gasteiger partial charge in [0.2, 0.25) is 0 Å². The van der Waals surface area contributed by atoms with Gasteiger partial charge in [0.05, 0.1) is 5.92 Å². The summed E-state index contributed by atoms with van der Waals surface area (Å²) in [4.78, 5) is 33.7. The van der Waals surface area contributed by atoms with Gasteiger partial charge in [-0.1, -0.05) is 12.2 Å². The van der Waals surface area contributed by atoms with Gasteiger partial charge in [0, 0.05) is 0 Å². The number of carbonyl (C=O) groups is 3. The van der Waals surface area contributed by atoms with Gasteiger partial charge in [-0.25, -0.2) is 9.59 Å². The molecule has 0 amide bonds. The van der Waals surface area contributed by atoms with Crippen LogP contribution in [0.15, 0.2) is 12.2 Å². The Balaban J connectivity index is 1.58. The first-order valence-electron chi connectivity index (χ1n) is 6.02. The van der Waals surface area contributed by atoms with Gasteiger partial charge in [-0.3, -0.25) is 9.53 Å². The number of esters is 2. The van der Waals surface area contributed by atoms with Crippen molar-refractivity contribution in [3.8, 4) is 0 Å². The predicted octanol–water partition coefficient (Wildman–Crippen LogP) is 0.0520. The number of hydrogen-bond acceptors (Lipinski definition) is 6. The number of aliphatic carboxylic acids is 1. The fourth-order valence-electron chi connectivity index (χ4n) is 2.80. The van der Waals surface area contributed by atoms with Gasteiger partial charge in [-0.2, -0.15) is 0 Å². The van der Waals surface area contributed by atoms with Crippen LogP contribution in [-0.4, -0.2) is 35.6 Å². The summed E-state index contributed by atoms with van der Waals surface area (Å²) in [6.45, 7) is -1.55. The van der Waals surface area contributed by atoms with E-state index in [2.05, 4.69) is 10.8 Å². The highest BCUT2D eigenvalue weighted by atomic mass is 16.9. The Labute approximate surface area is 108 Å². The van der Waals surface area contributed by atoms with Crippen molar-refractivity contribution in [2.75, 3.05) is 0 Å². The zero-order valence-electron chi connectivity index (χ0n) is 9.85. The molecule has 2 fully saturated rings. The standard InChI is InChI=1S/C12H12O7/c13-9(14)8-11(16)19-12(17-8)18-10(15)7-4-5-1-2-6(7)3-5/h1-2,5-8,12H,3-4H2,(H,13,14). The molecule has 7 nitrogen and oxygen atoms in total. The second kappa shape index (κ2) is 4.34. The summed E-state index contributed by atoms with van der Waals surface area (Å²) in [7, 11) is 0. The van der Waals surface area contributed by atoms with Crippen LogP contribution >= 0.6 is 0 Å². The Morgan fingerprint density at radius 1 is 1.32 bits per heavy atom. The van der Waals surface area contributed by atoms with Gasteiger partial charge in [0.1, 0.15) is 0 Å². The average Bonchev–Trinajstić information content (AvgIpc) is 3.03. The molecule has 19 heavy (non-hydrogen) atoms. The highest BCUT2D eigenvalue weighted by Gasteiger charge is 2.46. The molecule has 2 bridgehead atoms. The van der Waals surface area contributed by atoms with Crippen LogP contribution in [0, 0.1) is 17.8 Å². The third-order valence-corrected chi connectivity index (χ3v) is 3.69. The highest BCUT2D eigenvalue weighted by molar-refractivity contribution is 5.98. The number of carbonyl (C=O) groups excluding carboxylic acids is 2. The van der Waals surface area contributed by atoms with E-state index >= 15 is 0 Å². The summed E-state index contributed by atoms with van der Waals surface area (Å²) in [5, 5.41) is 8.66. The number of allylic oxidation sites excluding steroid dienone is 2. The molecule has 0 radical (unpaired) electrons. The van der Waals surface area contributed by atoms with E-state index < -0.39 is 30.5 Å². The van der Waals surface area contributed by atoms with E-state index in [-0.39, 0.29) is 11.8 Å². The Morgan fingerprint density at radius 2 is 2.11 bits per heavy atom. The van der Waals surface area contributed by atoms with E-state index in [0.717, 1.165) is 6.42 Å². The third kappa shape index (κ3) is 2.10. The van der Waals surface area contributed by atoms with Gasteiger partial charge in [0.15, 0.2) is 0 Å². The number of carboxylic acids is 1. The zero-order chi connectivity index (χ0) is 13.6. The van der Waals surface area contributed by atoms with Crippen LogP contribution in [0.25, 0.3) is 0 Å². The van der Waals surface area contributed by atoms with Crippen molar-refractivity contribution in [1.82, 2.24) is 0 Å². The minimum absolute atomic E-state index is 0.157. The largest absolute Gasteiger partial charge is 0.479 e. The normalized spacial score (nSPS) is 39.4. The maximum atomic E-state index is 11.9. The van der Waals surface area contributed by atoms with Gasteiger partial charge >= 0.3 is 24.4 Å². The molecule has 7 heteroatoms. The van der Waals surface area contributed by atoms with Crippen LogP contribution in [-0.2, 0) is 28.6 Å². The summed E-state index contributed by atoms with van der Waals surface area (Å²) in [5.41, 5.74) is 0. The summed E-state index contributed by atoms with van der Waals surface area (Å²) >= 11 is 0. The molecule has 5 atom stereocenters. The van der Waals surface area contributed by atoms with Crippen LogP contribution < -0.4 is 0 Å². The molecule has 3 aliphatic rings. The average molecular weight is 268 g/mol. The van der Waals surface area contributed by atoms with Crippen molar-refractivity contribution in [3.63, 3.8) is 0 Å². The molecule has 1 N–H and O–H groups in total. The third-order valence-electron chi connectivity index (χ3n) is 3.69. The lowest BCUT2D eigenvalue weighted by atomic mass is 9.94. The van der Waals surface area contributed by atoms with Crippen molar-refractivity contribution in [2.45, 2.75) is 25.4 Å². The fourth-order valence-corrected chi connectivity index (χ4v) is 2.80. The maximum Gasteiger partial charge on any atom is 0.366 e. The quantitative estimate of drug-likeness (QED) is 0.438. The molecule has 1 heterocycles. The van der Waals surface area contributed by atoms with E-state index in [1.54, 1.807) is 0 Å². The lowest BCUT2D eigenvalue weighted by molar-refractivity contribution is -0.236. The van der Waals surface area contributed by atoms with Crippen LogP contribution in [0.3, 0.4) is 0 Å². The first kappa shape index (κ1) is 12.2. The van der Waals surface area contributed by atoms with Crippen LogP contribution in [0.4, 0.5) is 0 Å². The van der Waals surface area contributed by atoms with Crippen molar-refractivity contribution in [1.29, 1.82) is 0 Å². The molecule has 0 aromatic rings. The monoisotopic (exact) mass is 268 g/mol. The summed E-state index contributed by atoms with van der Waals surface area (Å²) in [5.74, 6) is -2.74. The number of rotatable bonds is 3. The molecule has 1 aliphatic heterocycles. The van der Waals surface area contributed by atoms with E-state index in [9.17, 15) is 14.4 Å². The van der Waals surface area contributed by atoms with Gasteiger partial charge in [0.25, 0.3) is 6.10 Å². The molecule has 3 rings (SSSR count). The molecule has 0 aromatic heterocycles. The molecule has 1 saturated carbocycles. The molecule has 2 aliphatic carbocycles. The Hall–Kier alpha value is -1.89. The van der Waals surface area contributed by atoms with Crippen LogP contribution in [0.2, 0.25) is 0 Å². The van der Waals surface area contributed by atoms with E-state index in [0.29, 0.717) is 12.3 Å². The van der Waals surface area contributed by atoms with Gasteiger partial charge in [-0.05, 0) is 24.7 Å². The number of hydrogen-bond donors (Lipinski definition) is 1. The fraction of sp³-hybridized carbons (Fsp3) is 0.583. The summed E-state index contributed by atoms with van der Waals surface area (Å²) < 4.78 is 14.2. The smallest absolute Gasteiger partial charge is 0.366 e. The first-order valence-corrected chi connectivity index (χ1v) is 6.02. The first-order chi connectivity index (χ1) is 9.04. The minimum atomic E-state index is -1.72. The zero-order valence-corrected chi connectivity index (χ0v) is 9.85. The molecule has 102 valence electrons. The minimum Gasteiger partial charge on any atom is -0.479 e. The van der Waals surface area contributed by atoms with E-state index in [4.69, 9.17) is 14.6 Å². The Morgan fingerprint density at radius 3 is 2.63 bits per heavy atom. The molecule has 5 unspecified atom stereocenters.